The van der Waals surface area contributed by atoms with Crippen molar-refractivity contribution in [3.63, 3.8) is 0 Å². The minimum atomic E-state index is -5.14. The molecule has 1 rings (SSSR count). The molecule has 17 heavy (non-hydrogen) atoms. The van der Waals surface area contributed by atoms with Crippen LogP contribution in [0.15, 0.2) is 12.1 Å². The number of hydrogen-bond donors (Lipinski definition) is 0. The number of ether oxygens (including phenoxy) is 1. The Bertz CT molecular complexity index is 423. The van der Waals surface area contributed by atoms with Gasteiger partial charge < -0.3 is 4.74 Å². The van der Waals surface area contributed by atoms with Gasteiger partial charge in [0.2, 0.25) is 0 Å². The van der Waals surface area contributed by atoms with E-state index >= 15 is 0 Å². The third kappa shape index (κ3) is 3.89. The fraction of sp³-hybridized carbons (Fsp3) is 0.250. The first kappa shape index (κ1) is 14.3. The van der Waals surface area contributed by atoms with Crippen LogP contribution < -0.4 is 4.74 Å². The van der Waals surface area contributed by atoms with Crippen molar-refractivity contribution < 1.29 is 35.5 Å². The van der Waals surface area contributed by atoms with E-state index in [0.717, 1.165) is 22.6 Å². The van der Waals surface area contributed by atoms with Crippen molar-refractivity contribution in [3.8, 4) is 5.75 Å². The van der Waals surface area contributed by atoms with Gasteiger partial charge in [-0.05, 0) is 34.7 Å². The van der Waals surface area contributed by atoms with Gasteiger partial charge in [0.05, 0.1) is 9.13 Å². The number of rotatable bonds is 1. The standard InChI is InChI=1S/C8H2F7IO/c9-6-4(7(10,11)12)1-3(2-5(6)16)17-8(13,14)15/h1-2H. The van der Waals surface area contributed by atoms with Crippen LogP contribution in [0.1, 0.15) is 5.56 Å². The summed E-state index contributed by atoms with van der Waals surface area (Å²) in [7, 11) is 0. The lowest BCUT2D eigenvalue weighted by Crippen LogP contribution is -2.18. The Morgan fingerprint density at radius 3 is 1.94 bits per heavy atom. The van der Waals surface area contributed by atoms with Crippen LogP contribution in [-0.2, 0) is 6.18 Å². The Hall–Kier alpha value is -0.740. The van der Waals surface area contributed by atoms with Gasteiger partial charge in [0.15, 0.2) is 0 Å². The normalized spacial score (nSPS) is 12.7. The van der Waals surface area contributed by atoms with Crippen LogP contribution in [0.2, 0.25) is 0 Å². The second-order valence-electron chi connectivity index (χ2n) is 2.81. The maximum absolute atomic E-state index is 13.0. The lowest BCUT2D eigenvalue weighted by molar-refractivity contribution is -0.274. The van der Waals surface area contributed by atoms with Crippen molar-refractivity contribution in [2.75, 3.05) is 0 Å². The number of benzene rings is 1. The Morgan fingerprint density at radius 2 is 1.53 bits per heavy atom. The second kappa shape index (κ2) is 4.50. The van der Waals surface area contributed by atoms with Gasteiger partial charge in [-0.25, -0.2) is 4.39 Å². The van der Waals surface area contributed by atoms with Crippen molar-refractivity contribution in [1.82, 2.24) is 0 Å². The van der Waals surface area contributed by atoms with Crippen molar-refractivity contribution >= 4 is 22.6 Å². The molecule has 0 atom stereocenters. The average Bonchev–Trinajstić information content (AvgIpc) is 2.06. The Kier molecular flexibility index (Phi) is 3.79. The number of hydrogen-bond acceptors (Lipinski definition) is 1. The van der Waals surface area contributed by atoms with Gasteiger partial charge in [-0.3, -0.25) is 0 Å². The summed E-state index contributed by atoms with van der Waals surface area (Å²) in [6, 6.07) is 0.490. The molecule has 96 valence electrons. The van der Waals surface area contributed by atoms with Crippen LogP contribution in [0.4, 0.5) is 30.7 Å². The Morgan fingerprint density at radius 1 is 1.00 bits per heavy atom. The van der Waals surface area contributed by atoms with E-state index in [1.165, 1.54) is 0 Å². The van der Waals surface area contributed by atoms with Crippen LogP contribution >= 0.6 is 22.6 Å². The van der Waals surface area contributed by atoms with E-state index in [1.54, 1.807) is 0 Å². The van der Waals surface area contributed by atoms with Crippen LogP contribution in [-0.4, -0.2) is 6.36 Å². The van der Waals surface area contributed by atoms with Crippen molar-refractivity contribution in [1.29, 1.82) is 0 Å². The summed E-state index contributed by atoms with van der Waals surface area (Å²) >= 11 is 1.14. The van der Waals surface area contributed by atoms with Gasteiger partial charge in [-0.2, -0.15) is 13.2 Å². The van der Waals surface area contributed by atoms with Gasteiger partial charge in [0.1, 0.15) is 11.6 Å². The van der Waals surface area contributed by atoms with Gasteiger partial charge in [0.25, 0.3) is 0 Å². The lowest BCUT2D eigenvalue weighted by atomic mass is 10.2. The summed E-state index contributed by atoms with van der Waals surface area (Å²) in [6.07, 6.45) is -10.2. The summed E-state index contributed by atoms with van der Waals surface area (Å²) in [5, 5.41) is 0. The SMILES string of the molecule is Fc1c(I)cc(OC(F)(F)F)cc1C(F)(F)F. The summed E-state index contributed by atoms with van der Waals surface area (Å²) in [4.78, 5) is 0. The lowest BCUT2D eigenvalue weighted by Gasteiger charge is -2.13. The fourth-order valence-electron chi connectivity index (χ4n) is 0.963. The monoisotopic (exact) mass is 374 g/mol. The smallest absolute Gasteiger partial charge is 0.406 e. The van der Waals surface area contributed by atoms with Crippen molar-refractivity contribution in [2.45, 2.75) is 12.5 Å². The summed E-state index contributed by atoms with van der Waals surface area (Å²) in [6.45, 7) is 0. The molecule has 0 amide bonds. The van der Waals surface area contributed by atoms with Crippen molar-refractivity contribution in [2.24, 2.45) is 0 Å². The molecule has 1 aromatic rings. The molecule has 0 aliphatic carbocycles. The van der Waals surface area contributed by atoms with Crippen LogP contribution in [0.5, 0.6) is 5.75 Å². The summed E-state index contributed by atoms with van der Waals surface area (Å²) in [5.74, 6) is -2.75. The molecule has 0 N–H and O–H groups in total. The Balaban J connectivity index is 3.25. The van der Waals surface area contributed by atoms with E-state index in [1.807, 2.05) is 0 Å². The number of alkyl halides is 6. The molecule has 1 aromatic carbocycles. The van der Waals surface area contributed by atoms with Gasteiger partial charge in [0, 0.05) is 0 Å². The predicted molar refractivity (Wildman–Crippen MR) is 50.8 cm³/mol. The molecule has 0 aliphatic rings. The molecular weight excluding hydrogens is 372 g/mol. The van der Waals surface area contributed by atoms with E-state index in [2.05, 4.69) is 4.74 Å². The molecule has 0 heterocycles. The molecule has 0 radical (unpaired) electrons. The maximum atomic E-state index is 13.0. The summed E-state index contributed by atoms with van der Waals surface area (Å²) < 4.78 is 87.9. The maximum Gasteiger partial charge on any atom is 0.573 e. The average molecular weight is 374 g/mol. The quantitative estimate of drug-likeness (QED) is 0.525. The zero-order valence-corrected chi connectivity index (χ0v) is 9.74. The first-order valence-corrected chi connectivity index (χ1v) is 4.90. The molecule has 0 saturated carbocycles. The van der Waals surface area contributed by atoms with E-state index in [4.69, 9.17) is 0 Å². The highest BCUT2D eigenvalue weighted by Gasteiger charge is 2.37. The molecule has 0 fully saturated rings. The zero-order valence-electron chi connectivity index (χ0n) is 7.59. The van der Waals surface area contributed by atoms with Gasteiger partial charge in [-0.1, -0.05) is 0 Å². The third-order valence-corrected chi connectivity index (χ3v) is 2.33. The van der Waals surface area contributed by atoms with E-state index in [-0.39, 0.29) is 6.07 Å². The molecule has 0 bridgehead atoms. The van der Waals surface area contributed by atoms with Gasteiger partial charge >= 0.3 is 12.5 Å². The van der Waals surface area contributed by atoms with Crippen LogP contribution in [0, 0.1) is 9.39 Å². The van der Waals surface area contributed by atoms with E-state index in [0.29, 0.717) is 6.07 Å². The van der Waals surface area contributed by atoms with Crippen LogP contribution in [0.3, 0.4) is 0 Å². The fourth-order valence-corrected chi connectivity index (χ4v) is 1.56. The molecule has 0 unspecified atom stereocenters. The molecule has 1 nitrogen and oxygen atoms in total. The molecule has 0 aliphatic heterocycles. The first-order chi connectivity index (χ1) is 7.50. The first-order valence-electron chi connectivity index (χ1n) is 3.82. The molecular formula is C8H2F7IO. The highest BCUT2D eigenvalue weighted by Crippen LogP contribution is 2.37. The van der Waals surface area contributed by atoms with E-state index < -0.39 is 33.2 Å². The number of halogens is 8. The highest BCUT2D eigenvalue weighted by molar-refractivity contribution is 14.1. The largest absolute Gasteiger partial charge is 0.573 e. The van der Waals surface area contributed by atoms with Gasteiger partial charge in [-0.15, -0.1) is 13.2 Å². The zero-order chi connectivity index (χ0) is 13.4. The third-order valence-electron chi connectivity index (χ3n) is 1.54. The van der Waals surface area contributed by atoms with Crippen LogP contribution in [0.25, 0.3) is 0 Å². The second-order valence-corrected chi connectivity index (χ2v) is 3.97. The van der Waals surface area contributed by atoms with E-state index in [9.17, 15) is 30.7 Å². The highest BCUT2D eigenvalue weighted by atomic mass is 127. The summed E-state index contributed by atoms with van der Waals surface area (Å²) in [5.41, 5.74) is -1.80. The Labute approximate surface area is 104 Å². The topological polar surface area (TPSA) is 9.23 Å². The molecule has 0 aromatic heterocycles. The minimum Gasteiger partial charge on any atom is -0.406 e. The van der Waals surface area contributed by atoms with Crippen molar-refractivity contribution in [3.05, 3.63) is 27.1 Å². The predicted octanol–water partition coefficient (Wildman–Crippen LogP) is 4.35. The molecule has 0 saturated heterocycles. The molecule has 9 heteroatoms. The minimum absolute atomic E-state index is 0.0367. The molecule has 0 spiro atoms.